The summed E-state index contributed by atoms with van der Waals surface area (Å²) in [5.74, 6) is 2.88. The van der Waals surface area contributed by atoms with Crippen LogP contribution in [0.1, 0.15) is 40.5 Å². The highest BCUT2D eigenvalue weighted by Crippen LogP contribution is 2.50. The van der Waals surface area contributed by atoms with Gasteiger partial charge >= 0.3 is 0 Å². The average Bonchev–Trinajstić information content (AvgIpc) is 2.60. The van der Waals surface area contributed by atoms with Gasteiger partial charge in [-0.05, 0) is 36.5 Å². The molecule has 2 aliphatic rings. The van der Waals surface area contributed by atoms with Crippen molar-refractivity contribution in [1.29, 1.82) is 0 Å². The topological polar surface area (TPSA) is 18.5 Å². The van der Waals surface area contributed by atoms with E-state index in [0.717, 1.165) is 38.3 Å². The molecule has 17 heavy (non-hydrogen) atoms. The Kier molecular flexibility index (Phi) is 4.14. The van der Waals surface area contributed by atoms with Gasteiger partial charge in [0.15, 0.2) is 0 Å². The minimum atomic E-state index is 0.402. The Morgan fingerprint density at radius 1 is 0.941 bits per heavy atom. The minimum absolute atomic E-state index is 0.402. The number of rotatable bonds is 2. The largest absolute Gasteiger partial charge is 0.381 e. The third-order valence-electron chi connectivity index (χ3n) is 4.93. The molecule has 0 aromatic carbocycles. The summed E-state index contributed by atoms with van der Waals surface area (Å²) in [5.41, 5.74) is 0.402. The highest BCUT2D eigenvalue weighted by molar-refractivity contribution is 4.96. The van der Waals surface area contributed by atoms with E-state index in [9.17, 15) is 0 Å². The van der Waals surface area contributed by atoms with E-state index in [1.807, 2.05) is 0 Å². The van der Waals surface area contributed by atoms with Gasteiger partial charge in [0.1, 0.15) is 0 Å². The Hall–Kier alpha value is -0.0800. The fraction of sp³-hybridized carbons (Fsp3) is 1.00. The predicted octanol–water partition coefficient (Wildman–Crippen LogP) is 3.36. The number of ether oxygens (including phenoxy) is 2. The van der Waals surface area contributed by atoms with Crippen LogP contribution in [0.3, 0.4) is 0 Å². The molecule has 0 aromatic heterocycles. The first kappa shape index (κ1) is 13.4. The van der Waals surface area contributed by atoms with E-state index in [1.165, 1.54) is 12.8 Å². The fourth-order valence-corrected chi connectivity index (χ4v) is 4.11. The van der Waals surface area contributed by atoms with Gasteiger partial charge in [-0.15, -0.1) is 0 Å². The summed E-state index contributed by atoms with van der Waals surface area (Å²) < 4.78 is 11.6. The van der Waals surface area contributed by atoms with Crippen molar-refractivity contribution >= 4 is 0 Å². The second-order valence-electron chi connectivity index (χ2n) is 6.67. The molecule has 2 rings (SSSR count). The van der Waals surface area contributed by atoms with Crippen LogP contribution in [0, 0.1) is 29.1 Å². The lowest BCUT2D eigenvalue weighted by molar-refractivity contribution is 0.0234. The van der Waals surface area contributed by atoms with Crippen LogP contribution >= 0.6 is 0 Å². The zero-order chi connectivity index (χ0) is 12.5. The molecule has 0 radical (unpaired) electrons. The molecule has 0 amide bonds. The molecule has 0 aliphatic carbocycles. The summed E-state index contributed by atoms with van der Waals surface area (Å²) in [7, 11) is 0. The van der Waals surface area contributed by atoms with Crippen LogP contribution in [0.4, 0.5) is 0 Å². The molecule has 3 atom stereocenters. The molecule has 2 heterocycles. The molecular formula is C15H28O2. The van der Waals surface area contributed by atoms with Crippen LogP contribution < -0.4 is 0 Å². The zero-order valence-electron chi connectivity index (χ0n) is 11.9. The maximum absolute atomic E-state index is 5.88. The van der Waals surface area contributed by atoms with E-state index < -0.39 is 0 Å². The van der Waals surface area contributed by atoms with Crippen LogP contribution in [0.15, 0.2) is 0 Å². The standard InChI is InChI=1S/C15H28O2/c1-11(2)13-9-16-7-5-15(6-8-17-10-15)14(13)12(3)4/h11-14H,5-10H2,1-4H3. The Morgan fingerprint density at radius 2 is 1.59 bits per heavy atom. The molecule has 100 valence electrons. The molecule has 2 nitrogen and oxygen atoms in total. The summed E-state index contributed by atoms with van der Waals surface area (Å²) in [6.45, 7) is 13.2. The van der Waals surface area contributed by atoms with E-state index in [4.69, 9.17) is 9.47 Å². The van der Waals surface area contributed by atoms with Crippen molar-refractivity contribution in [2.24, 2.45) is 29.1 Å². The fourth-order valence-electron chi connectivity index (χ4n) is 4.11. The third kappa shape index (κ3) is 2.53. The average molecular weight is 240 g/mol. The molecular weight excluding hydrogens is 212 g/mol. The van der Waals surface area contributed by atoms with Crippen LogP contribution in [-0.4, -0.2) is 26.4 Å². The summed E-state index contributed by atoms with van der Waals surface area (Å²) in [4.78, 5) is 0. The second kappa shape index (κ2) is 5.27. The monoisotopic (exact) mass is 240 g/mol. The van der Waals surface area contributed by atoms with Crippen molar-refractivity contribution in [3.05, 3.63) is 0 Å². The van der Waals surface area contributed by atoms with Crippen molar-refractivity contribution in [1.82, 2.24) is 0 Å². The first-order chi connectivity index (χ1) is 8.07. The van der Waals surface area contributed by atoms with Gasteiger partial charge in [-0.25, -0.2) is 0 Å². The normalized spacial score (nSPS) is 39.2. The molecule has 0 N–H and O–H groups in total. The molecule has 2 saturated heterocycles. The van der Waals surface area contributed by atoms with E-state index in [-0.39, 0.29) is 0 Å². The smallest absolute Gasteiger partial charge is 0.0527 e. The molecule has 2 fully saturated rings. The molecule has 0 bridgehead atoms. The van der Waals surface area contributed by atoms with Crippen LogP contribution in [0.25, 0.3) is 0 Å². The minimum Gasteiger partial charge on any atom is -0.381 e. The number of hydrogen-bond donors (Lipinski definition) is 0. The van der Waals surface area contributed by atoms with Gasteiger partial charge in [0.05, 0.1) is 6.61 Å². The third-order valence-corrected chi connectivity index (χ3v) is 4.93. The Balaban J connectivity index is 2.28. The van der Waals surface area contributed by atoms with Gasteiger partial charge in [-0.2, -0.15) is 0 Å². The van der Waals surface area contributed by atoms with Gasteiger partial charge in [0.25, 0.3) is 0 Å². The summed E-state index contributed by atoms with van der Waals surface area (Å²) in [5, 5.41) is 0. The molecule has 0 aromatic rings. The Bertz CT molecular complexity index is 241. The van der Waals surface area contributed by atoms with Crippen LogP contribution in [-0.2, 0) is 9.47 Å². The van der Waals surface area contributed by atoms with E-state index >= 15 is 0 Å². The SMILES string of the molecule is CC(C)C1COCCC2(CCOC2)C1C(C)C. The highest BCUT2D eigenvalue weighted by atomic mass is 16.5. The van der Waals surface area contributed by atoms with Crippen LogP contribution in [0.2, 0.25) is 0 Å². The number of hydrogen-bond acceptors (Lipinski definition) is 2. The lowest BCUT2D eigenvalue weighted by atomic mass is 9.61. The van der Waals surface area contributed by atoms with Gasteiger partial charge in [0.2, 0.25) is 0 Å². The van der Waals surface area contributed by atoms with Gasteiger partial charge < -0.3 is 9.47 Å². The van der Waals surface area contributed by atoms with Crippen molar-refractivity contribution in [2.45, 2.75) is 40.5 Å². The second-order valence-corrected chi connectivity index (χ2v) is 6.67. The van der Waals surface area contributed by atoms with E-state index in [0.29, 0.717) is 17.3 Å². The highest BCUT2D eigenvalue weighted by Gasteiger charge is 2.48. The van der Waals surface area contributed by atoms with Crippen molar-refractivity contribution in [3.8, 4) is 0 Å². The molecule has 1 spiro atoms. The maximum Gasteiger partial charge on any atom is 0.0527 e. The molecule has 2 aliphatic heterocycles. The first-order valence-corrected chi connectivity index (χ1v) is 7.22. The lowest BCUT2D eigenvalue weighted by Gasteiger charge is -2.43. The molecule has 3 unspecified atom stereocenters. The summed E-state index contributed by atoms with van der Waals surface area (Å²) in [6, 6.07) is 0. The van der Waals surface area contributed by atoms with Crippen molar-refractivity contribution in [2.75, 3.05) is 26.4 Å². The van der Waals surface area contributed by atoms with Gasteiger partial charge in [-0.3, -0.25) is 0 Å². The van der Waals surface area contributed by atoms with Crippen molar-refractivity contribution < 1.29 is 9.47 Å². The Morgan fingerprint density at radius 3 is 2.12 bits per heavy atom. The lowest BCUT2D eigenvalue weighted by Crippen LogP contribution is -2.41. The Labute approximate surface area is 106 Å². The zero-order valence-corrected chi connectivity index (χ0v) is 11.9. The summed E-state index contributed by atoms with van der Waals surface area (Å²) in [6.07, 6.45) is 2.43. The maximum atomic E-state index is 5.88. The van der Waals surface area contributed by atoms with E-state index in [1.54, 1.807) is 0 Å². The van der Waals surface area contributed by atoms with Crippen molar-refractivity contribution in [3.63, 3.8) is 0 Å². The summed E-state index contributed by atoms with van der Waals surface area (Å²) >= 11 is 0. The predicted molar refractivity (Wildman–Crippen MR) is 70.0 cm³/mol. The molecule has 2 heteroatoms. The quantitative estimate of drug-likeness (QED) is 0.737. The van der Waals surface area contributed by atoms with Gasteiger partial charge in [0, 0.05) is 25.2 Å². The van der Waals surface area contributed by atoms with E-state index in [2.05, 4.69) is 27.7 Å². The molecule has 0 saturated carbocycles. The first-order valence-electron chi connectivity index (χ1n) is 7.22. The van der Waals surface area contributed by atoms with Gasteiger partial charge in [-0.1, -0.05) is 27.7 Å². The van der Waals surface area contributed by atoms with Crippen LogP contribution in [0.5, 0.6) is 0 Å².